The number of ether oxygens (including phenoxy) is 2. The third-order valence-electron chi connectivity index (χ3n) is 5.37. The van der Waals surface area contributed by atoms with Crippen LogP contribution >= 0.6 is 0 Å². The lowest BCUT2D eigenvalue weighted by Crippen LogP contribution is -2.45. The summed E-state index contributed by atoms with van der Waals surface area (Å²) in [5.41, 5.74) is -1.06. The summed E-state index contributed by atoms with van der Waals surface area (Å²) in [5.74, 6) is -0.725. The van der Waals surface area contributed by atoms with Gasteiger partial charge in [0.25, 0.3) is 0 Å². The molecule has 0 saturated heterocycles. The quantitative estimate of drug-likeness (QED) is 0.262. The van der Waals surface area contributed by atoms with E-state index in [2.05, 4.69) is 5.32 Å². The summed E-state index contributed by atoms with van der Waals surface area (Å²) >= 11 is 0. The summed E-state index contributed by atoms with van der Waals surface area (Å²) in [6, 6.07) is 10.9. The number of nitrogens with one attached hydrogen (secondary N) is 1. The van der Waals surface area contributed by atoms with Crippen LogP contribution in [0.15, 0.2) is 54.1 Å². The molecular formula is C28H32F3NO6. The maximum absolute atomic E-state index is 14.1. The molecule has 1 atom stereocenters. The summed E-state index contributed by atoms with van der Waals surface area (Å²) in [6.07, 6.45) is -5.60. The Kier molecular flexibility index (Phi) is 10.6. The largest absolute Gasteiger partial charge is 0.467 e. The van der Waals surface area contributed by atoms with Crippen molar-refractivity contribution in [1.29, 1.82) is 0 Å². The van der Waals surface area contributed by atoms with Crippen molar-refractivity contribution in [3.05, 3.63) is 76.4 Å². The first-order chi connectivity index (χ1) is 17.8. The van der Waals surface area contributed by atoms with Gasteiger partial charge in [-0.2, -0.15) is 13.2 Å². The number of esters is 1. The van der Waals surface area contributed by atoms with Crippen LogP contribution < -0.4 is 5.32 Å². The number of aldehydes is 1. The lowest BCUT2D eigenvalue weighted by molar-refractivity contribution is -0.143. The van der Waals surface area contributed by atoms with E-state index in [9.17, 15) is 27.6 Å². The molecule has 0 fully saturated rings. The van der Waals surface area contributed by atoms with Crippen LogP contribution in [0.4, 0.5) is 18.0 Å². The Balaban J connectivity index is 2.39. The van der Waals surface area contributed by atoms with Crippen molar-refractivity contribution in [1.82, 2.24) is 5.32 Å². The lowest BCUT2D eigenvalue weighted by Gasteiger charge is -2.22. The van der Waals surface area contributed by atoms with Gasteiger partial charge in [-0.3, -0.25) is 4.79 Å². The first kappa shape index (κ1) is 30.6. The van der Waals surface area contributed by atoms with Crippen molar-refractivity contribution in [2.75, 3.05) is 13.7 Å². The van der Waals surface area contributed by atoms with E-state index in [0.717, 1.165) is 7.11 Å². The summed E-state index contributed by atoms with van der Waals surface area (Å²) in [7, 11) is 1.16. The van der Waals surface area contributed by atoms with E-state index in [1.54, 1.807) is 51.1 Å². The van der Waals surface area contributed by atoms with Crippen LogP contribution in [-0.4, -0.2) is 55.0 Å². The molecule has 206 valence electrons. The Morgan fingerprint density at radius 2 is 1.66 bits per heavy atom. The summed E-state index contributed by atoms with van der Waals surface area (Å²) in [4.78, 5) is 36.4. The average Bonchev–Trinajstić information content (AvgIpc) is 2.81. The second-order valence-corrected chi connectivity index (χ2v) is 9.61. The number of halogens is 3. The zero-order valence-corrected chi connectivity index (χ0v) is 21.7. The first-order valence-electron chi connectivity index (χ1n) is 11.9. The van der Waals surface area contributed by atoms with Crippen LogP contribution in [0.2, 0.25) is 0 Å². The smallest absolute Gasteiger partial charge is 0.417 e. The number of hydrogen-bond donors (Lipinski definition) is 2. The molecule has 2 N–H and O–H groups in total. The highest BCUT2D eigenvalue weighted by molar-refractivity contribution is 5.90. The second-order valence-electron chi connectivity index (χ2n) is 9.61. The number of hydrogen-bond acceptors (Lipinski definition) is 6. The Labute approximate surface area is 219 Å². The molecular weight excluding hydrogens is 503 g/mol. The predicted octanol–water partition coefficient (Wildman–Crippen LogP) is 4.59. The minimum atomic E-state index is -4.81. The highest BCUT2D eigenvalue weighted by Gasteiger charge is 2.37. The topological polar surface area (TPSA) is 102 Å². The predicted molar refractivity (Wildman–Crippen MR) is 135 cm³/mol. The zero-order valence-electron chi connectivity index (χ0n) is 21.7. The normalized spacial score (nSPS) is 13.3. The van der Waals surface area contributed by atoms with E-state index in [1.165, 1.54) is 18.2 Å². The van der Waals surface area contributed by atoms with Crippen LogP contribution in [0.1, 0.15) is 43.0 Å². The van der Waals surface area contributed by atoms with E-state index in [-0.39, 0.29) is 37.7 Å². The molecule has 2 aromatic rings. The molecule has 0 radical (unpaired) electrons. The van der Waals surface area contributed by atoms with Crippen LogP contribution in [0.25, 0.3) is 5.57 Å². The van der Waals surface area contributed by atoms with Gasteiger partial charge in [-0.25, -0.2) is 9.59 Å². The number of methoxy groups -OCH3 is 1. The van der Waals surface area contributed by atoms with E-state index < -0.39 is 41.0 Å². The number of rotatable bonds is 10. The third kappa shape index (κ3) is 9.33. The maximum Gasteiger partial charge on any atom is 0.417 e. The van der Waals surface area contributed by atoms with E-state index in [1.807, 2.05) is 0 Å². The number of amides is 1. The second kappa shape index (κ2) is 13.2. The molecule has 38 heavy (non-hydrogen) atoms. The molecule has 2 rings (SSSR count). The van der Waals surface area contributed by atoms with Crippen molar-refractivity contribution >= 4 is 23.9 Å². The molecule has 1 amide bonds. The number of alkyl halides is 3. The van der Waals surface area contributed by atoms with Gasteiger partial charge in [0, 0.05) is 25.0 Å². The monoisotopic (exact) mass is 535 g/mol. The molecule has 0 saturated carbocycles. The molecule has 0 bridgehead atoms. The van der Waals surface area contributed by atoms with E-state index in [4.69, 9.17) is 14.6 Å². The summed E-state index contributed by atoms with van der Waals surface area (Å²) < 4.78 is 52.3. The average molecular weight is 536 g/mol. The minimum Gasteiger partial charge on any atom is -0.467 e. The summed E-state index contributed by atoms with van der Waals surface area (Å²) in [6.45, 7) is 4.77. The minimum absolute atomic E-state index is 0.0186. The first-order valence-corrected chi connectivity index (χ1v) is 11.9. The number of aliphatic hydroxyl groups is 1. The number of carbonyl (C=O) groups excluding carboxylic acids is 3. The van der Waals surface area contributed by atoms with Crippen molar-refractivity contribution < 1.29 is 42.1 Å². The molecule has 0 heterocycles. The van der Waals surface area contributed by atoms with Gasteiger partial charge in [-0.05, 0) is 49.4 Å². The highest BCUT2D eigenvalue weighted by Crippen LogP contribution is 2.37. The van der Waals surface area contributed by atoms with E-state index >= 15 is 0 Å². The molecule has 0 aliphatic heterocycles. The number of allylic oxidation sites excluding steroid dienone is 2. The molecule has 2 aromatic carbocycles. The Bertz CT molecular complexity index is 1170. The molecule has 0 aliphatic rings. The Morgan fingerprint density at radius 3 is 2.24 bits per heavy atom. The van der Waals surface area contributed by atoms with Gasteiger partial charge in [0.15, 0.2) is 0 Å². The Hall–Kier alpha value is -3.66. The van der Waals surface area contributed by atoms with Crippen LogP contribution in [0.5, 0.6) is 0 Å². The number of carbonyl (C=O) groups is 3. The molecule has 7 nitrogen and oxygen atoms in total. The standard InChI is InChI=1S/C28H32F3NO6/c1-27(2,3)38-26(36)32-23(25(35)37-4)16-20-9-5-8-19(13-20)15-22(17-34)24(28(29,30)31)21-10-6-7-18(14-21)11-12-33/h5-10,13-14,17,23,33H,11-12,15-16H2,1-4H3,(H,32,36)/b24-22+/t23-/m0/s1. The van der Waals surface area contributed by atoms with Crippen LogP contribution in [0.3, 0.4) is 0 Å². The number of aliphatic hydroxyl groups excluding tert-OH is 1. The number of benzene rings is 2. The van der Waals surface area contributed by atoms with Crippen molar-refractivity contribution in [3.63, 3.8) is 0 Å². The van der Waals surface area contributed by atoms with Gasteiger partial charge < -0.3 is 19.9 Å². The zero-order chi connectivity index (χ0) is 28.5. The molecule has 0 aliphatic carbocycles. The van der Waals surface area contributed by atoms with Gasteiger partial charge >= 0.3 is 18.2 Å². The van der Waals surface area contributed by atoms with Gasteiger partial charge in [-0.1, -0.05) is 48.5 Å². The van der Waals surface area contributed by atoms with Crippen molar-refractivity contribution in [3.8, 4) is 0 Å². The van der Waals surface area contributed by atoms with Gasteiger partial charge in [0.1, 0.15) is 17.9 Å². The molecule has 0 unspecified atom stereocenters. The van der Waals surface area contributed by atoms with Gasteiger partial charge in [-0.15, -0.1) is 0 Å². The molecule has 0 aromatic heterocycles. The fourth-order valence-electron chi connectivity index (χ4n) is 3.84. The third-order valence-corrected chi connectivity index (χ3v) is 5.37. The van der Waals surface area contributed by atoms with Crippen molar-refractivity contribution in [2.45, 2.75) is 57.9 Å². The fraction of sp³-hybridized carbons (Fsp3) is 0.393. The van der Waals surface area contributed by atoms with Gasteiger partial charge in [0.05, 0.1) is 12.7 Å². The molecule has 0 spiro atoms. The van der Waals surface area contributed by atoms with Crippen LogP contribution in [0, 0.1) is 0 Å². The van der Waals surface area contributed by atoms with Crippen LogP contribution in [-0.2, 0) is 38.3 Å². The van der Waals surface area contributed by atoms with E-state index in [0.29, 0.717) is 16.7 Å². The number of alkyl carbamates (subject to hydrolysis) is 1. The highest BCUT2D eigenvalue weighted by atomic mass is 19.4. The van der Waals surface area contributed by atoms with Crippen molar-refractivity contribution in [2.24, 2.45) is 0 Å². The van der Waals surface area contributed by atoms with Gasteiger partial charge in [0.2, 0.25) is 0 Å². The fourth-order valence-corrected chi connectivity index (χ4v) is 3.84. The molecule has 10 heteroatoms. The summed E-state index contributed by atoms with van der Waals surface area (Å²) in [5, 5.41) is 11.6. The SMILES string of the molecule is COC(=O)[C@H](Cc1cccc(C/C(C=O)=C(/c2cccc(CCO)c2)C(F)(F)F)c1)NC(=O)OC(C)(C)C. The maximum atomic E-state index is 14.1. The Morgan fingerprint density at radius 1 is 1.03 bits per heavy atom. The lowest BCUT2D eigenvalue weighted by atomic mass is 9.93.